The molecule has 2 aliphatic rings. The van der Waals surface area contributed by atoms with Crippen molar-refractivity contribution in [3.05, 3.63) is 53.0 Å². The van der Waals surface area contributed by atoms with Crippen LogP contribution in [0, 0.1) is 0 Å². The molecule has 0 aromatic carbocycles. The van der Waals surface area contributed by atoms with Crippen molar-refractivity contribution < 1.29 is 0 Å². The molecule has 0 amide bonds. The second-order valence-corrected chi connectivity index (χ2v) is 6.99. The number of hydrogen-bond donors (Lipinski definition) is 0. The minimum absolute atomic E-state index is 0.0381. The summed E-state index contributed by atoms with van der Waals surface area (Å²) < 4.78 is 3.82. The lowest BCUT2D eigenvalue weighted by atomic mass is 9.97. The van der Waals surface area contributed by atoms with Gasteiger partial charge in [-0.15, -0.1) is 10.2 Å². The number of nitrogens with zero attached hydrogens (tertiary/aromatic N) is 6. The highest BCUT2D eigenvalue weighted by Gasteiger charge is 2.31. The maximum atomic E-state index is 12.4. The fraction of sp³-hybridized carbons (Fsp3) is 0.444. The number of hydrogen-bond acceptors (Lipinski definition) is 5. The topological polar surface area (TPSA) is 68.3 Å². The highest BCUT2D eigenvalue weighted by atomic mass is 16.1. The molecule has 1 unspecified atom stereocenters. The van der Waals surface area contributed by atoms with Gasteiger partial charge in [0.1, 0.15) is 23.6 Å². The minimum Gasteiger partial charge on any atom is -0.356 e. The fourth-order valence-corrected chi connectivity index (χ4v) is 3.78. The zero-order valence-corrected chi connectivity index (χ0v) is 14.0. The van der Waals surface area contributed by atoms with Crippen LogP contribution in [0.1, 0.15) is 43.5 Å². The Balaban J connectivity index is 1.46. The molecular weight excluding hydrogens is 316 g/mol. The molecule has 1 aliphatic heterocycles. The number of fused-ring (bicyclic) bond motifs is 1. The summed E-state index contributed by atoms with van der Waals surface area (Å²) in [7, 11) is 0. The van der Waals surface area contributed by atoms with E-state index in [1.807, 2.05) is 24.5 Å². The van der Waals surface area contributed by atoms with Gasteiger partial charge in [0.25, 0.3) is 5.56 Å². The second-order valence-electron chi connectivity index (χ2n) is 6.99. The van der Waals surface area contributed by atoms with Crippen molar-refractivity contribution in [1.29, 1.82) is 0 Å². The van der Waals surface area contributed by atoms with E-state index in [0.29, 0.717) is 17.6 Å². The molecule has 7 heteroatoms. The van der Waals surface area contributed by atoms with Crippen LogP contribution in [0.25, 0.3) is 5.65 Å². The van der Waals surface area contributed by atoms with Crippen molar-refractivity contribution in [2.24, 2.45) is 0 Å². The molecule has 7 nitrogen and oxygen atoms in total. The molecule has 0 radical (unpaired) electrons. The number of rotatable bonds is 3. The van der Waals surface area contributed by atoms with Gasteiger partial charge in [0.15, 0.2) is 0 Å². The van der Waals surface area contributed by atoms with Crippen molar-refractivity contribution in [2.45, 2.75) is 37.6 Å². The fourth-order valence-electron chi connectivity index (χ4n) is 3.78. The first-order valence-corrected chi connectivity index (χ1v) is 8.92. The Bertz CT molecular complexity index is 973. The van der Waals surface area contributed by atoms with E-state index in [0.717, 1.165) is 37.6 Å². The second kappa shape index (κ2) is 5.68. The third-order valence-electron chi connectivity index (χ3n) is 5.21. The van der Waals surface area contributed by atoms with Crippen molar-refractivity contribution in [2.75, 3.05) is 18.0 Å². The summed E-state index contributed by atoms with van der Waals surface area (Å²) in [6, 6.07) is 7.85. The number of piperidine rings is 1. The summed E-state index contributed by atoms with van der Waals surface area (Å²) in [5, 5.41) is 8.53. The summed E-state index contributed by atoms with van der Waals surface area (Å²) in [5.41, 5.74) is 0.650. The van der Waals surface area contributed by atoms with E-state index in [4.69, 9.17) is 4.98 Å². The Morgan fingerprint density at radius 2 is 2.08 bits per heavy atom. The van der Waals surface area contributed by atoms with Crippen LogP contribution >= 0.6 is 0 Å². The van der Waals surface area contributed by atoms with E-state index < -0.39 is 0 Å². The summed E-state index contributed by atoms with van der Waals surface area (Å²) in [5.74, 6) is 2.19. The van der Waals surface area contributed by atoms with E-state index in [1.54, 1.807) is 16.7 Å². The van der Waals surface area contributed by atoms with E-state index >= 15 is 0 Å². The third kappa shape index (κ3) is 2.59. The quantitative estimate of drug-likeness (QED) is 0.732. The molecule has 1 saturated carbocycles. The lowest BCUT2D eigenvalue weighted by molar-refractivity contribution is 0.469. The van der Waals surface area contributed by atoms with Crippen molar-refractivity contribution >= 4 is 11.5 Å². The van der Waals surface area contributed by atoms with Gasteiger partial charge < -0.3 is 9.47 Å². The smallest absolute Gasteiger partial charge is 0.259 e. The maximum absolute atomic E-state index is 12.4. The number of pyridine rings is 1. The van der Waals surface area contributed by atoms with E-state index in [2.05, 4.69) is 19.7 Å². The minimum atomic E-state index is -0.0381. The van der Waals surface area contributed by atoms with Gasteiger partial charge in [0, 0.05) is 37.3 Å². The average molecular weight is 336 g/mol. The van der Waals surface area contributed by atoms with Gasteiger partial charge in [-0.25, -0.2) is 4.98 Å². The van der Waals surface area contributed by atoms with Crippen LogP contribution < -0.4 is 10.5 Å². The zero-order chi connectivity index (χ0) is 16.8. The predicted molar refractivity (Wildman–Crippen MR) is 93.9 cm³/mol. The molecule has 1 aliphatic carbocycles. The van der Waals surface area contributed by atoms with E-state index in [-0.39, 0.29) is 5.56 Å². The summed E-state index contributed by atoms with van der Waals surface area (Å²) in [4.78, 5) is 19.3. The van der Waals surface area contributed by atoms with Crippen molar-refractivity contribution in [1.82, 2.24) is 24.1 Å². The van der Waals surface area contributed by atoms with Gasteiger partial charge in [-0.2, -0.15) is 0 Å². The van der Waals surface area contributed by atoms with Crippen LogP contribution in [0.15, 0.2) is 41.6 Å². The molecule has 1 saturated heterocycles. The Hall–Kier alpha value is -2.70. The molecule has 4 heterocycles. The largest absolute Gasteiger partial charge is 0.356 e. The first-order chi connectivity index (χ1) is 12.3. The van der Waals surface area contributed by atoms with Crippen molar-refractivity contribution in [3.63, 3.8) is 0 Å². The highest BCUT2D eigenvalue weighted by Crippen LogP contribution is 2.38. The monoisotopic (exact) mass is 336 g/mol. The standard InChI is InChI=1S/C18H20N6O/c25-17-10-16(20-15-5-1-2-9-23(15)17)22-8-3-4-13(11-22)18-21-19-12-24(18)14-6-7-14/h1-2,5,9-10,12-14H,3-4,6-8,11H2. The van der Waals surface area contributed by atoms with E-state index in [1.165, 1.54) is 12.8 Å². The van der Waals surface area contributed by atoms with Crippen LogP contribution in [-0.2, 0) is 0 Å². The van der Waals surface area contributed by atoms with Gasteiger partial charge in [0.2, 0.25) is 0 Å². The first kappa shape index (κ1) is 14.6. The Labute approximate surface area is 144 Å². The lowest BCUT2D eigenvalue weighted by Crippen LogP contribution is -2.36. The molecule has 128 valence electrons. The number of anilines is 1. The Morgan fingerprint density at radius 3 is 2.96 bits per heavy atom. The third-order valence-corrected chi connectivity index (χ3v) is 5.21. The molecule has 1 atom stereocenters. The van der Waals surface area contributed by atoms with Gasteiger partial charge in [-0.1, -0.05) is 6.07 Å². The van der Waals surface area contributed by atoms with Gasteiger partial charge >= 0.3 is 0 Å². The van der Waals surface area contributed by atoms with Gasteiger partial charge in [-0.05, 0) is 37.8 Å². The molecule has 25 heavy (non-hydrogen) atoms. The summed E-state index contributed by atoms with van der Waals surface area (Å²) in [6.45, 7) is 1.75. The normalized spacial score (nSPS) is 21.0. The maximum Gasteiger partial charge on any atom is 0.259 e. The molecule has 5 rings (SSSR count). The summed E-state index contributed by atoms with van der Waals surface area (Å²) >= 11 is 0. The molecule has 0 N–H and O–H groups in total. The molecule has 0 bridgehead atoms. The first-order valence-electron chi connectivity index (χ1n) is 8.92. The Morgan fingerprint density at radius 1 is 1.16 bits per heavy atom. The SMILES string of the molecule is O=c1cc(N2CCCC(c3nncn3C3CC3)C2)nc2ccccn12. The van der Waals surface area contributed by atoms with Crippen LogP contribution in [0.2, 0.25) is 0 Å². The predicted octanol–water partition coefficient (Wildman–Crippen LogP) is 2.00. The molecule has 0 spiro atoms. The van der Waals surface area contributed by atoms with Gasteiger partial charge in [-0.3, -0.25) is 9.20 Å². The zero-order valence-electron chi connectivity index (χ0n) is 14.0. The molecule has 2 fully saturated rings. The average Bonchev–Trinajstić information content (AvgIpc) is 3.38. The van der Waals surface area contributed by atoms with E-state index in [9.17, 15) is 4.79 Å². The highest BCUT2D eigenvalue weighted by molar-refractivity contribution is 5.48. The molecular formula is C18H20N6O. The Kier molecular flexibility index (Phi) is 3.33. The summed E-state index contributed by atoms with van der Waals surface area (Å²) in [6.07, 6.45) is 8.25. The molecule has 3 aromatic heterocycles. The van der Waals surface area contributed by atoms with Crippen LogP contribution in [0.5, 0.6) is 0 Å². The van der Waals surface area contributed by atoms with Crippen LogP contribution in [0.3, 0.4) is 0 Å². The number of aromatic nitrogens is 5. The van der Waals surface area contributed by atoms with Gasteiger partial charge in [0.05, 0.1) is 0 Å². The van der Waals surface area contributed by atoms with Crippen LogP contribution in [-0.4, -0.2) is 37.2 Å². The molecule has 3 aromatic rings. The lowest BCUT2D eigenvalue weighted by Gasteiger charge is -2.33. The van der Waals surface area contributed by atoms with Crippen molar-refractivity contribution in [3.8, 4) is 0 Å². The van der Waals surface area contributed by atoms with Crippen LogP contribution in [0.4, 0.5) is 5.82 Å².